The van der Waals surface area contributed by atoms with Crippen molar-refractivity contribution in [2.24, 2.45) is 5.92 Å². The third kappa shape index (κ3) is 4.74. The van der Waals surface area contributed by atoms with E-state index in [-0.39, 0.29) is 17.9 Å². The SMILES string of the molecule is COC(=O)[C@H](C)CN(C)C(=O)Nc1c(C)cc(Br)cc1C. The van der Waals surface area contributed by atoms with E-state index in [4.69, 9.17) is 0 Å². The fourth-order valence-electron chi connectivity index (χ4n) is 2.08. The Labute approximate surface area is 133 Å². The minimum absolute atomic E-state index is 0.251. The molecule has 0 aliphatic heterocycles. The number of esters is 1. The summed E-state index contributed by atoms with van der Waals surface area (Å²) in [7, 11) is 2.99. The van der Waals surface area contributed by atoms with E-state index in [0.717, 1.165) is 21.3 Å². The normalized spacial score (nSPS) is 11.7. The van der Waals surface area contributed by atoms with Crippen LogP contribution in [0.3, 0.4) is 0 Å². The molecule has 1 rings (SSSR count). The van der Waals surface area contributed by atoms with Crippen LogP contribution < -0.4 is 5.32 Å². The van der Waals surface area contributed by atoms with Crippen LogP contribution in [-0.4, -0.2) is 37.6 Å². The van der Waals surface area contributed by atoms with Crippen LogP contribution in [0.1, 0.15) is 18.1 Å². The number of nitrogens with zero attached hydrogens (tertiary/aromatic N) is 1. The van der Waals surface area contributed by atoms with Gasteiger partial charge in [-0.1, -0.05) is 22.9 Å². The fourth-order valence-corrected chi connectivity index (χ4v) is 2.77. The molecular weight excluding hydrogens is 336 g/mol. The molecule has 1 aromatic carbocycles. The molecule has 21 heavy (non-hydrogen) atoms. The predicted octanol–water partition coefficient (Wildman–Crippen LogP) is 3.34. The van der Waals surface area contributed by atoms with Crippen molar-refractivity contribution < 1.29 is 14.3 Å². The van der Waals surface area contributed by atoms with Gasteiger partial charge in [-0.05, 0) is 37.1 Å². The number of halogens is 1. The molecule has 5 nitrogen and oxygen atoms in total. The molecule has 0 bridgehead atoms. The Kier molecular flexibility index (Phi) is 6.20. The largest absolute Gasteiger partial charge is 0.469 e. The second-order valence-electron chi connectivity index (χ2n) is 5.15. The number of rotatable bonds is 4. The van der Waals surface area contributed by atoms with E-state index >= 15 is 0 Å². The zero-order chi connectivity index (χ0) is 16.2. The minimum Gasteiger partial charge on any atom is -0.469 e. The maximum Gasteiger partial charge on any atom is 0.321 e. The molecular formula is C15H21BrN2O3. The average Bonchev–Trinajstić information content (AvgIpc) is 2.41. The molecule has 116 valence electrons. The van der Waals surface area contributed by atoms with E-state index in [1.165, 1.54) is 12.0 Å². The van der Waals surface area contributed by atoms with Gasteiger partial charge >= 0.3 is 12.0 Å². The monoisotopic (exact) mass is 356 g/mol. The molecule has 1 aromatic rings. The Hall–Kier alpha value is -1.56. The van der Waals surface area contributed by atoms with Gasteiger partial charge in [0.15, 0.2) is 0 Å². The lowest BCUT2D eigenvalue weighted by Gasteiger charge is -2.22. The number of aryl methyl sites for hydroxylation is 2. The Bertz CT molecular complexity index is 523. The van der Waals surface area contributed by atoms with Crippen LogP contribution in [0.5, 0.6) is 0 Å². The van der Waals surface area contributed by atoms with Gasteiger partial charge in [0.2, 0.25) is 0 Å². The summed E-state index contributed by atoms with van der Waals surface area (Å²) in [5, 5.41) is 2.88. The van der Waals surface area contributed by atoms with Gasteiger partial charge in [0.05, 0.1) is 13.0 Å². The van der Waals surface area contributed by atoms with Crippen molar-refractivity contribution in [3.63, 3.8) is 0 Å². The van der Waals surface area contributed by atoms with E-state index in [1.807, 2.05) is 26.0 Å². The molecule has 0 heterocycles. The van der Waals surface area contributed by atoms with Crippen LogP contribution in [0.2, 0.25) is 0 Å². The molecule has 0 fully saturated rings. The number of nitrogens with one attached hydrogen (secondary N) is 1. The summed E-state index contributed by atoms with van der Waals surface area (Å²) in [4.78, 5) is 25.1. The molecule has 1 N–H and O–H groups in total. The number of hydrogen-bond acceptors (Lipinski definition) is 3. The molecule has 1 atom stereocenters. The van der Waals surface area contributed by atoms with E-state index in [9.17, 15) is 9.59 Å². The van der Waals surface area contributed by atoms with Crippen LogP contribution in [0.15, 0.2) is 16.6 Å². The molecule has 0 aromatic heterocycles. The number of ether oxygens (including phenoxy) is 1. The summed E-state index contributed by atoms with van der Waals surface area (Å²) in [6.07, 6.45) is 0. The zero-order valence-electron chi connectivity index (χ0n) is 13.0. The van der Waals surface area contributed by atoms with Crippen LogP contribution in [0.25, 0.3) is 0 Å². The fraction of sp³-hybridized carbons (Fsp3) is 0.467. The number of carbonyl (C=O) groups excluding carboxylic acids is 2. The molecule has 0 saturated heterocycles. The topological polar surface area (TPSA) is 58.6 Å². The lowest BCUT2D eigenvalue weighted by molar-refractivity contribution is -0.145. The highest BCUT2D eigenvalue weighted by Gasteiger charge is 2.19. The Morgan fingerprint density at radius 2 is 1.86 bits per heavy atom. The van der Waals surface area contributed by atoms with Gasteiger partial charge in [-0.15, -0.1) is 0 Å². The molecule has 2 amide bonds. The van der Waals surface area contributed by atoms with E-state index in [2.05, 4.69) is 26.0 Å². The smallest absolute Gasteiger partial charge is 0.321 e. The third-order valence-corrected chi connectivity index (χ3v) is 3.69. The Balaban J connectivity index is 2.75. The minimum atomic E-state index is -0.363. The van der Waals surface area contributed by atoms with Gasteiger partial charge < -0.3 is 15.0 Å². The molecule has 0 aliphatic rings. The van der Waals surface area contributed by atoms with Gasteiger partial charge in [-0.2, -0.15) is 0 Å². The van der Waals surface area contributed by atoms with Crippen LogP contribution >= 0.6 is 15.9 Å². The number of methoxy groups -OCH3 is 1. The Morgan fingerprint density at radius 1 is 1.33 bits per heavy atom. The maximum atomic E-state index is 12.2. The number of carbonyl (C=O) groups is 2. The third-order valence-electron chi connectivity index (χ3n) is 3.23. The van der Waals surface area contributed by atoms with Crippen LogP contribution in [0.4, 0.5) is 10.5 Å². The molecule has 0 spiro atoms. The zero-order valence-corrected chi connectivity index (χ0v) is 14.6. The molecule has 0 unspecified atom stereocenters. The average molecular weight is 357 g/mol. The summed E-state index contributed by atoms with van der Waals surface area (Å²) in [5.74, 6) is -0.691. The van der Waals surface area contributed by atoms with Gasteiger partial charge in [-0.3, -0.25) is 4.79 Å². The first-order chi connectivity index (χ1) is 9.76. The van der Waals surface area contributed by atoms with Gasteiger partial charge in [-0.25, -0.2) is 4.79 Å². The first kappa shape index (κ1) is 17.5. The highest BCUT2D eigenvalue weighted by molar-refractivity contribution is 9.10. The van der Waals surface area contributed by atoms with Crippen molar-refractivity contribution in [3.8, 4) is 0 Å². The summed E-state index contributed by atoms with van der Waals surface area (Å²) >= 11 is 3.42. The second kappa shape index (κ2) is 7.45. The van der Waals surface area contributed by atoms with E-state index in [0.29, 0.717) is 6.54 Å². The summed E-state index contributed by atoms with van der Waals surface area (Å²) < 4.78 is 5.63. The lowest BCUT2D eigenvalue weighted by Crippen LogP contribution is -2.37. The van der Waals surface area contributed by atoms with E-state index < -0.39 is 0 Å². The van der Waals surface area contributed by atoms with Gasteiger partial charge in [0, 0.05) is 23.8 Å². The number of urea groups is 1. The van der Waals surface area contributed by atoms with E-state index in [1.54, 1.807) is 14.0 Å². The highest BCUT2D eigenvalue weighted by atomic mass is 79.9. The number of amides is 2. The van der Waals surface area contributed by atoms with Gasteiger partial charge in [0.25, 0.3) is 0 Å². The lowest BCUT2D eigenvalue weighted by atomic mass is 10.1. The van der Waals surface area contributed by atoms with Crippen molar-refractivity contribution in [2.75, 3.05) is 26.0 Å². The number of hydrogen-bond donors (Lipinski definition) is 1. The summed E-state index contributed by atoms with van der Waals surface area (Å²) in [6.45, 7) is 5.90. The van der Waals surface area contributed by atoms with Gasteiger partial charge in [0.1, 0.15) is 0 Å². The number of benzene rings is 1. The van der Waals surface area contributed by atoms with Crippen molar-refractivity contribution in [1.82, 2.24) is 4.90 Å². The van der Waals surface area contributed by atoms with Crippen LogP contribution in [-0.2, 0) is 9.53 Å². The van der Waals surface area contributed by atoms with Crippen molar-refractivity contribution in [3.05, 3.63) is 27.7 Å². The quantitative estimate of drug-likeness (QED) is 0.841. The standard InChI is InChI=1S/C15H21BrN2O3/c1-9-6-12(16)7-10(2)13(9)17-15(20)18(4)8-11(3)14(19)21-5/h6-7,11H,8H2,1-5H3,(H,17,20)/t11-/m1/s1. The van der Waals surface area contributed by atoms with Crippen molar-refractivity contribution >= 4 is 33.6 Å². The van der Waals surface area contributed by atoms with Crippen molar-refractivity contribution in [2.45, 2.75) is 20.8 Å². The Morgan fingerprint density at radius 3 is 2.33 bits per heavy atom. The predicted molar refractivity (Wildman–Crippen MR) is 86.4 cm³/mol. The first-order valence-electron chi connectivity index (χ1n) is 6.63. The molecule has 6 heteroatoms. The highest BCUT2D eigenvalue weighted by Crippen LogP contribution is 2.25. The molecule has 0 aliphatic carbocycles. The van der Waals surface area contributed by atoms with Crippen LogP contribution in [0, 0.1) is 19.8 Å². The molecule has 0 radical (unpaired) electrons. The maximum absolute atomic E-state index is 12.2. The summed E-state index contributed by atoms with van der Waals surface area (Å²) in [6, 6.07) is 3.64. The second-order valence-corrected chi connectivity index (χ2v) is 6.07. The summed E-state index contributed by atoms with van der Waals surface area (Å²) in [5.41, 5.74) is 2.75. The van der Waals surface area contributed by atoms with Crippen molar-refractivity contribution in [1.29, 1.82) is 0 Å². The molecule has 0 saturated carbocycles. The number of anilines is 1. The first-order valence-corrected chi connectivity index (χ1v) is 7.42.